The number of allylic oxidation sites excluding steroid dienone is 1. The molecule has 2 aliphatic rings. The first kappa shape index (κ1) is 4.97. The van der Waals surface area contributed by atoms with Crippen molar-refractivity contribution < 1.29 is 0 Å². The van der Waals surface area contributed by atoms with Gasteiger partial charge in [-0.1, -0.05) is 11.3 Å². The zero-order chi connectivity index (χ0) is 6.10. The van der Waals surface area contributed by atoms with Crippen molar-refractivity contribution in [3.05, 3.63) is 11.8 Å². The van der Waals surface area contributed by atoms with Crippen molar-refractivity contribution in [3.8, 4) is 0 Å². The first-order valence-electron chi connectivity index (χ1n) is 3.31. The average molecular weight is 123 g/mol. The second-order valence-corrected chi connectivity index (χ2v) is 2.35. The van der Waals surface area contributed by atoms with E-state index < -0.39 is 0 Å². The van der Waals surface area contributed by atoms with Gasteiger partial charge >= 0.3 is 0 Å². The number of rotatable bonds is 0. The molecule has 0 fully saturated rings. The molecule has 48 valence electrons. The van der Waals surface area contributed by atoms with E-state index in [-0.39, 0.29) is 0 Å². The molecule has 2 heterocycles. The van der Waals surface area contributed by atoms with Gasteiger partial charge in [-0.2, -0.15) is 5.11 Å². The molecule has 0 saturated heterocycles. The highest BCUT2D eigenvalue weighted by Gasteiger charge is 2.16. The van der Waals surface area contributed by atoms with Crippen LogP contribution in [0, 0.1) is 0 Å². The van der Waals surface area contributed by atoms with Crippen LogP contribution in [0.2, 0.25) is 0 Å². The Morgan fingerprint density at radius 1 is 1.56 bits per heavy atom. The van der Waals surface area contributed by atoms with Gasteiger partial charge in [0.25, 0.3) is 0 Å². The van der Waals surface area contributed by atoms with E-state index in [1.54, 1.807) is 0 Å². The summed E-state index contributed by atoms with van der Waals surface area (Å²) in [6.45, 7) is 1.87. The fourth-order valence-electron chi connectivity index (χ4n) is 1.19. The third kappa shape index (κ3) is 0.724. The van der Waals surface area contributed by atoms with E-state index in [1.807, 2.05) is 5.01 Å². The Kier molecular flexibility index (Phi) is 1.01. The highest BCUT2D eigenvalue weighted by atomic mass is 15.6. The molecule has 0 spiro atoms. The molecule has 0 atom stereocenters. The van der Waals surface area contributed by atoms with Gasteiger partial charge in [0.1, 0.15) is 6.54 Å². The summed E-state index contributed by atoms with van der Waals surface area (Å²) in [6.07, 6.45) is 4.66. The second-order valence-electron chi connectivity index (χ2n) is 2.35. The van der Waals surface area contributed by atoms with Gasteiger partial charge in [0.15, 0.2) is 0 Å². The minimum absolute atomic E-state index is 0.806. The van der Waals surface area contributed by atoms with Crippen LogP contribution >= 0.6 is 0 Å². The Morgan fingerprint density at radius 2 is 2.56 bits per heavy atom. The molecule has 3 heteroatoms. The van der Waals surface area contributed by atoms with E-state index in [1.165, 1.54) is 18.5 Å². The van der Waals surface area contributed by atoms with Crippen molar-refractivity contribution in [1.29, 1.82) is 0 Å². The molecule has 0 unspecified atom stereocenters. The molecule has 2 rings (SSSR count). The van der Waals surface area contributed by atoms with Gasteiger partial charge in [-0.15, -0.1) is 0 Å². The maximum Gasteiger partial charge on any atom is 0.104 e. The summed E-state index contributed by atoms with van der Waals surface area (Å²) in [5.74, 6) is 0. The van der Waals surface area contributed by atoms with Crippen LogP contribution in [-0.2, 0) is 0 Å². The fraction of sp³-hybridized carbons (Fsp3) is 0.667. The second kappa shape index (κ2) is 1.83. The third-order valence-corrected chi connectivity index (χ3v) is 1.69. The summed E-state index contributed by atoms with van der Waals surface area (Å²) in [6, 6.07) is 0. The number of hydrogen-bond donors (Lipinski definition) is 0. The molecule has 9 heavy (non-hydrogen) atoms. The zero-order valence-corrected chi connectivity index (χ0v) is 5.25. The normalized spacial score (nSPS) is 24.0. The molecule has 0 N–H and O–H groups in total. The quantitative estimate of drug-likeness (QED) is 0.477. The van der Waals surface area contributed by atoms with Crippen LogP contribution in [0.5, 0.6) is 0 Å². The molecule has 0 bridgehead atoms. The van der Waals surface area contributed by atoms with Crippen LogP contribution in [0.1, 0.15) is 12.8 Å². The van der Waals surface area contributed by atoms with Crippen molar-refractivity contribution in [2.75, 3.05) is 13.1 Å². The lowest BCUT2D eigenvalue weighted by atomic mass is 10.2. The Bertz CT molecular complexity index is 171. The zero-order valence-electron chi connectivity index (χ0n) is 5.25. The smallest absolute Gasteiger partial charge is 0.104 e. The van der Waals surface area contributed by atoms with Crippen LogP contribution in [0.25, 0.3) is 0 Å². The van der Waals surface area contributed by atoms with E-state index in [4.69, 9.17) is 0 Å². The van der Waals surface area contributed by atoms with Crippen molar-refractivity contribution in [2.24, 2.45) is 10.3 Å². The first-order chi connectivity index (χ1) is 4.47. The van der Waals surface area contributed by atoms with Gasteiger partial charge in [0.05, 0.1) is 5.70 Å². The molecule has 0 aromatic carbocycles. The SMILES string of the molecule is C1=C2CN=NN2CCC1. The van der Waals surface area contributed by atoms with Gasteiger partial charge in [0.2, 0.25) is 0 Å². The summed E-state index contributed by atoms with van der Waals surface area (Å²) >= 11 is 0. The standard InChI is InChI=1S/C6H9N3/c1-2-4-9-6(3-1)5-7-8-9/h3H,1-2,4-5H2. The van der Waals surface area contributed by atoms with E-state index in [2.05, 4.69) is 16.4 Å². The average Bonchev–Trinajstić information content (AvgIpc) is 2.33. The van der Waals surface area contributed by atoms with Crippen LogP contribution in [0.3, 0.4) is 0 Å². The molecular weight excluding hydrogens is 114 g/mol. The van der Waals surface area contributed by atoms with Gasteiger partial charge in [-0.3, -0.25) is 0 Å². The molecule has 0 aromatic rings. The summed E-state index contributed by atoms with van der Waals surface area (Å²) < 4.78 is 0. The van der Waals surface area contributed by atoms with Gasteiger partial charge in [-0.25, -0.2) is 5.01 Å². The van der Waals surface area contributed by atoms with Gasteiger partial charge < -0.3 is 0 Å². The van der Waals surface area contributed by atoms with Crippen LogP contribution in [0.15, 0.2) is 22.1 Å². The predicted octanol–water partition coefficient (Wildman–Crippen LogP) is 1.35. The molecule has 0 radical (unpaired) electrons. The van der Waals surface area contributed by atoms with Crippen molar-refractivity contribution >= 4 is 0 Å². The minimum Gasteiger partial charge on any atom is -0.250 e. The maximum absolute atomic E-state index is 3.95. The van der Waals surface area contributed by atoms with Crippen molar-refractivity contribution in [2.45, 2.75) is 12.8 Å². The van der Waals surface area contributed by atoms with E-state index in [0.717, 1.165) is 13.1 Å². The molecule has 0 aliphatic carbocycles. The Hall–Kier alpha value is -0.860. The molecule has 0 aromatic heterocycles. The van der Waals surface area contributed by atoms with Crippen molar-refractivity contribution in [3.63, 3.8) is 0 Å². The van der Waals surface area contributed by atoms with E-state index >= 15 is 0 Å². The number of hydrogen-bond acceptors (Lipinski definition) is 3. The largest absolute Gasteiger partial charge is 0.250 e. The maximum atomic E-state index is 3.95. The van der Waals surface area contributed by atoms with Crippen LogP contribution in [0.4, 0.5) is 0 Å². The Balaban J connectivity index is 2.22. The molecule has 0 amide bonds. The van der Waals surface area contributed by atoms with Crippen molar-refractivity contribution in [1.82, 2.24) is 5.01 Å². The van der Waals surface area contributed by atoms with Gasteiger partial charge in [-0.05, 0) is 12.8 Å². The highest BCUT2D eigenvalue weighted by Crippen LogP contribution is 2.19. The monoisotopic (exact) mass is 123 g/mol. The predicted molar refractivity (Wildman–Crippen MR) is 33.7 cm³/mol. The number of fused-ring (bicyclic) bond motifs is 1. The topological polar surface area (TPSA) is 28.0 Å². The van der Waals surface area contributed by atoms with E-state index in [0.29, 0.717) is 0 Å². The van der Waals surface area contributed by atoms with Crippen LogP contribution in [-0.4, -0.2) is 18.1 Å². The van der Waals surface area contributed by atoms with Crippen LogP contribution < -0.4 is 0 Å². The Labute approximate surface area is 54.0 Å². The Morgan fingerprint density at radius 3 is 3.44 bits per heavy atom. The lowest BCUT2D eigenvalue weighted by Crippen LogP contribution is -2.18. The first-order valence-corrected chi connectivity index (χ1v) is 3.31. The van der Waals surface area contributed by atoms with E-state index in [9.17, 15) is 0 Å². The fourth-order valence-corrected chi connectivity index (χ4v) is 1.19. The van der Waals surface area contributed by atoms with Gasteiger partial charge in [0, 0.05) is 6.54 Å². The molecular formula is C6H9N3. The molecule has 2 aliphatic heterocycles. The summed E-state index contributed by atoms with van der Waals surface area (Å²) in [7, 11) is 0. The lowest BCUT2D eigenvalue weighted by molar-refractivity contribution is 0.350. The highest BCUT2D eigenvalue weighted by molar-refractivity contribution is 5.07. The lowest BCUT2D eigenvalue weighted by Gasteiger charge is -2.17. The molecule has 0 saturated carbocycles. The third-order valence-electron chi connectivity index (χ3n) is 1.69. The molecule has 3 nitrogen and oxygen atoms in total. The number of nitrogens with zero attached hydrogens (tertiary/aromatic N) is 3. The summed E-state index contributed by atoms with van der Waals surface area (Å²) in [4.78, 5) is 0. The summed E-state index contributed by atoms with van der Waals surface area (Å²) in [5, 5.41) is 9.85. The minimum atomic E-state index is 0.806. The summed E-state index contributed by atoms with van der Waals surface area (Å²) in [5.41, 5.74) is 1.29.